The van der Waals surface area contributed by atoms with E-state index in [1.165, 1.54) is 0 Å². The fraction of sp³-hybridized carbons (Fsp3) is 0.846. The Hall–Kier alpha value is -0.720. The largest absolute Gasteiger partial charge is 0.392 e. The third-order valence-electron chi connectivity index (χ3n) is 4.31. The van der Waals surface area contributed by atoms with Crippen LogP contribution in [-0.4, -0.2) is 55.2 Å². The summed E-state index contributed by atoms with van der Waals surface area (Å²) in [5.74, 6) is -0.00199. The topological polar surface area (TPSA) is 67.6 Å². The average molecular weight is 285 g/mol. The molecular weight excluding hydrogens is 262 g/mol. The summed E-state index contributed by atoms with van der Waals surface area (Å²) in [5, 5.41) is 3.14. The molecule has 0 saturated carbocycles. The van der Waals surface area contributed by atoms with Crippen LogP contribution in [-0.2, 0) is 9.53 Å². The molecule has 3 N–H and O–H groups in total. The molecule has 0 aromatic rings. The van der Waals surface area contributed by atoms with E-state index in [1.807, 2.05) is 0 Å². The average Bonchev–Trinajstić information content (AvgIpc) is 2.42. The smallest absolute Gasteiger partial charge is 0.233 e. The third kappa shape index (κ3) is 3.24. The van der Waals surface area contributed by atoms with Crippen LogP contribution in [0.4, 0.5) is 0 Å². The Morgan fingerprint density at radius 1 is 1.37 bits per heavy atom. The molecule has 5 nitrogen and oxygen atoms in total. The molecule has 0 bridgehead atoms. The van der Waals surface area contributed by atoms with Crippen molar-refractivity contribution in [3.05, 3.63) is 0 Å². The number of nitrogens with two attached hydrogens (primary N) is 1. The Balaban J connectivity index is 1.98. The van der Waals surface area contributed by atoms with Crippen molar-refractivity contribution < 1.29 is 9.53 Å². The van der Waals surface area contributed by atoms with Gasteiger partial charge in [-0.2, -0.15) is 0 Å². The summed E-state index contributed by atoms with van der Waals surface area (Å²) in [6.07, 6.45) is 3.18. The van der Waals surface area contributed by atoms with E-state index in [0.29, 0.717) is 31.0 Å². The highest BCUT2D eigenvalue weighted by atomic mass is 32.1. The molecule has 0 aliphatic carbocycles. The Labute approximate surface area is 119 Å². The maximum absolute atomic E-state index is 12.6. The van der Waals surface area contributed by atoms with Gasteiger partial charge in [0, 0.05) is 19.3 Å². The summed E-state index contributed by atoms with van der Waals surface area (Å²) in [4.78, 5) is 15.1. The van der Waals surface area contributed by atoms with Gasteiger partial charge in [-0.05, 0) is 45.8 Å². The molecule has 2 aliphatic rings. The van der Waals surface area contributed by atoms with Crippen molar-refractivity contribution >= 4 is 23.1 Å². The fourth-order valence-corrected chi connectivity index (χ4v) is 3.08. The molecule has 6 heteroatoms. The number of nitrogens with one attached hydrogen (secondary N) is 1. The van der Waals surface area contributed by atoms with Crippen molar-refractivity contribution in [2.45, 2.75) is 31.7 Å². The summed E-state index contributed by atoms with van der Waals surface area (Å²) < 4.78 is 5.33. The third-order valence-corrected chi connectivity index (χ3v) is 4.70. The lowest BCUT2D eigenvalue weighted by molar-refractivity contribution is -0.132. The minimum Gasteiger partial charge on any atom is -0.392 e. The number of thiocarbonyl (C=S) groups is 1. The second-order valence-electron chi connectivity index (χ2n) is 5.61. The molecule has 2 rings (SSSR count). The van der Waals surface area contributed by atoms with Crippen LogP contribution < -0.4 is 11.1 Å². The second kappa shape index (κ2) is 6.15. The van der Waals surface area contributed by atoms with Crippen LogP contribution in [0.25, 0.3) is 0 Å². The molecule has 0 aromatic carbocycles. The fourth-order valence-electron chi connectivity index (χ4n) is 2.78. The SMILES string of the molecule is CN1CCC(NC(=O)C2(C(N)=S)CCOCC2)CC1. The van der Waals surface area contributed by atoms with Gasteiger partial charge in [-0.3, -0.25) is 4.79 Å². The normalized spacial score (nSPS) is 24.9. The molecule has 2 heterocycles. The minimum atomic E-state index is -0.697. The molecule has 1 amide bonds. The molecule has 2 fully saturated rings. The number of rotatable bonds is 3. The van der Waals surface area contributed by atoms with Crippen LogP contribution >= 0.6 is 12.2 Å². The molecule has 19 heavy (non-hydrogen) atoms. The van der Waals surface area contributed by atoms with Crippen LogP contribution in [0.2, 0.25) is 0 Å². The molecular formula is C13H23N3O2S. The zero-order valence-electron chi connectivity index (χ0n) is 11.5. The number of hydrogen-bond donors (Lipinski definition) is 2. The zero-order chi connectivity index (χ0) is 13.9. The molecule has 0 radical (unpaired) electrons. The number of nitrogens with zero attached hydrogens (tertiary/aromatic N) is 1. The lowest BCUT2D eigenvalue weighted by Crippen LogP contribution is -2.55. The zero-order valence-corrected chi connectivity index (χ0v) is 12.3. The number of carbonyl (C=O) groups is 1. The highest BCUT2D eigenvalue weighted by Gasteiger charge is 2.43. The van der Waals surface area contributed by atoms with Crippen molar-refractivity contribution in [1.82, 2.24) is 10.2 Å². The van der Waals surface area contributed by atoms with E-state index in [-0.39, 0.29) is 11.9 Å². The van der Waals surface area contributed by atoms with Gasteiger partial charge in [-0.15, -0.1) is 0 Å². The van der Waals surface area contributed by atoms with Gasteiger partial charge in [0.05, 0.1) is 4.99 Å². The van der Waals surface area contributed by atoms with Gasteiger partial charge >= 0.3 is 0 Å². The molecule has 2 aliphatic heterocycles. The summed E-state index contributed by atoms with van der Waals surface area (Å²) in [6.45, 7) is 3.15. The Kier molecular flexibility index (Phi) is 4.76. The lowest BCUT2D eigenvalue weighted by Gasteiger charge is -2.37. The predicted molar refractivity (Wildman–Crippen MR) is 77.9 cm³/mol. The van der Waals surface area contributed by atoms with E-state index in [0.717, 1.165) is 25.9 Å². The van der Waals surface area contributed by atoms with Crippen molar-refractivity contribution in [3.63, 3.8) is 0 Å². The first kappa shape index (κ1) is 14.7. The van der Waals surface area contributed by atoms with Crippen molar-refractivity contribution in [1.29, 1.82) is 0 Å². The molecule has 108 valence electrons. The highest BCUT2D eigenvalue weighted by molar-refractivity contribution is 7.80. The number of likely N-dealkylation sites (tertiary alicyclic amines) is 1. The van der Waals surface area contributed by atoms with Crippen molar-refractivity contribution in [2.75, 3.05) is 33.4 Å². The maximum Gasteiger partial charge on any atom is 0.233 e. The van der Waals surface area contributed by atoms with Gasteiger partial charge in [0.15, 0.2) is 0 Å². The second-order valence-corrected chi connectivity index (χ2v) is 6.05. The summed E-state index contributed by atoms with van der Waals surface area (Å²) in [5.41, 5.74) is 5.14. The Morgan fingerprint density at radius 2 is 1.95 bits per heavy atom. The van der Waals surface area contributed by atoms with Gasteiger partial charge in [0.25, 0.3) is 0 Å². The van der Waals surface area contributed by atoms with Crippen molar-refractivity contribution in [3.8, 4) is 0 Å². The van der Waals surface area contributed by atoms with Crippen LogP contribution in [0.1, 0.15) is 25.7 Å². The van der Waals surface area contributed by atoms with E-state index >= 15 is 0 Å². The van der Waals surface area contributed by atoms with E-state index in [1.54, 1.807) is 0 Å². The summed E-state index contributed by atoms with van der Waals surface area (Å²) in [7, 11) is 2.10. The van der Waals surface area contributed by atoms with Crippen LogP contribution in [0.15, 0.2) is 0 Å². The minimum absolute atomic E-state index is 0.00199. The van der Waals surface area contributed by atoms with Gasteiger partial charge in [-0.25, -0.2) is 0 Å². The van der Waals surface area contributed by atoms with E-state index < -0.39 is 5.41 Å². The summed E-state index contributed by atoms with van der Waals surface area (Å²) in [6, 6.07) is 0.248. The Morgan fingerprint density at radius 3 is 2.47 bits per heavy atom. The van der Waals surface area contributed by atoms with Crippen LogP contribution in [0.5, 0.6) is 0 Å². The molecule has 0 unspecified atom stereocenters. The van der Waals surface area contributed by atoms with Gasteiger partial charge in [0.2, 0.25) is 5.91 Å². The first-order valence-electron chi connectivity index (χ1n) is 6.92. The van der Waals surface area contributed by atoms with Gasteiger partial charge in [-0.1, -0.05) is 12.2 Å². The number of piperidine rings is 1. The van der Waals surface area contributed by atoms with Crippen LogP contribution in [0, 0.1) is 5.41 Å². The van der Waals surface area contributed by atoms with Crippen molar-refractivity contribution in [2.24, 2.45) is 11.1 Å². The lowest BCUT2D eigenvalue weighted by atomic mass is 9.79. The molecule has 0 aromatic heterocycles. The molecule has 2 saturated heterocycles. The molecule has 0 spiro atoms. The maximum atomic E-state index is 12.6. The summed E-state index contributed by atoms with van der Waals surface area (Å²) >= 11 is 5.14. The molecule has 0 atom stereocenters. The van der Waals surface area contributed by atoms with Gasteiger partial charge < -0.3 is 20.7 Å². The first-order valence-corrected chi connectivity index (χ1v) is 7.32. The van der Waals surface area contributed by atoms with Gasteiger partial charge in [0.1, 0.15) is 5.41 Å². The number of amides is 1. The Bertz CT molecular complexity index is 348. The number of carbonyl (C=O) groups excluding carboxylic acids is 1. The quantitative estimate of drug-likeness (QED) is 0.729. The highest BCUT2D eigenvalue weighted by Crippen LogP contribution is 2.31. The first-order chi connectivity index (χ1) is 9.04. The number of ether oxygens (including phenoxy) is 1. The number of hydrogen-bond acceptors (Lipinski definition) is 4. The van der Waals surface area contributed by atoms with E-state index in [4.69, 9.17) is 22.7 Å². The van der Waals surface area contributed by atoms with E-state index in [9.17, 15) is 4.79 Å². The van der Waals surface area contributed by atoms with E-state index in [2.05, 4.69) is 17.3 Å². The monoisotopic (exact) mass is 285 g/mol. The predicted octanol–water partition coefficient (Wildman–Crippen LogP) is 0.280. The standard InChI is InChI=1S/C13H23N3O2S/c1-16-6-2-10(3-7-16)15-12(17)13(11(14)19)4-8-18-9-5-13/h10H,2-9H2,1H3,(H2,14,19)(H,15,17). The van der Waals surface area contributed by atoms with Crippen LogP contribution in [0.3, 0.4) is 0 Å².